The molecule has 0 atom stereocenters. The van der Waals surface area contributed by atoms with Gasteiger partial charge in [0.25, 0.3) is 6.02 Å². The standard InChI is InChI=1S/C23H24N8O/c1-23(2,3)31-18-9-8-13(14-11-28-22(27)29-12-14)10-17(18)30-20(31)16-7-5-4-6-15(16)19(24)32-21(25)26/h4-12,24H,1-3H3,(H3,25,26)(H2,27,28,29). The molecular formula is C23H24N8O. The zero-order chi connectivity index (χ0) is 23.0. The number of nitrogen functional groups attached to an aromatic ring is 1. The highest BCUT2D eigenvalue weighted by Gasteiger charge is 2.25. The predicted molar refractivity (Wildman–Crippen MR) is 125 cm³/mol. The Morgan fingerprint density at radius 1 is 1.00 bits per heavy atom. The van der Waals surface area contributed by atoms with Crippen LogP contribution in [0.4, 0.5) is 5.95 Å². The Morgan fingerprint density at radius 3 is 2.34 bits per heavy atom. The molecule has 0 amide bonds. The van der Waals surface area contributed by atoms with Crippen molar-refractivity contribution in [3.8, 4) is 22.5 Å². The Hall–Kier alpha value is -4.27. The normalized spacial score (nSPS) is 11.5. The number of hydrogen-bond donors (Lipinski definition) is 4. The molecule has 4 rings (SSSR count). The molecule has 4 aromatic rings. The molecule has 0 spiro atoms. The SMILES string of the molecule is CC(C)(C)n1c(-c2ccccc2C(=N)OC(=N)N)nc2cc(-c3cnc(N)nc3)ccc21. The van der Waals surface area contributed by atoms with Crippen LogP contribution in [0.5, 0.6) is 0 Å². The Balaban J connectivity index is 1.93. The van der Waals surface area contributed by atoms with E-state index in [0.29, 0.717) is 17.0 Å². The molecule has 9 heteroatoms. The van der Waals surface area contributed by atoms with Gasteiger partial charge in [0.05, 0.1) is 11.0 Å². The molecule has 2 aromatic heterocycles. The Morgan fingerprint density at radius 2 is 1.69 bits per heavy atom. The highest BCUT2D eigenvalue weighted by Crippen LogP contribution is 2.34. The molecule has 162 valence electrons. The van der Waals surface area contributed by atoms with Crippen LogP contribution in [0.2, 0.25) is 0 Å². The first-order valence-corrected chi connectivity index (χ1v) is 9.96. The second-order valence-electron chi connectivity index (χ2n) is 8.32. The fourth-order valence-electron chi connectivity index (χ4n) is 3.65. The first kappa shape index (κ1) is 21.0. The number of amidine groups is 1. The van der Waals surface area contributed by atoms with Gasteiger partial charge in [-0.25, -0.2) is 15.0 Å². The van der Waals surface area contributed by atoms with Crippen molar-refractivity contribution in [1.82, 2.24) is 19.5 Å². The minimum Gasteiger partial charge on any atom is -0.407 e. The number of ether oxygens (including phenoxy) is 1. The van der Waals surface area contributed by atoms with E-state index in [-0.39, 0.29) is 17.4 Å². The molecule has 6 N–H and O–H groups in total. The van der Waals surface area contributed by atoms with Gasteiger partial charge >= 0.3 is 0 Å². The summed E-state index contributed by atoms with van der Waals surface area (Å²) in [5.74, 6) is 0.701. The van der Waals surface area contributed by atoms with Gasteiger partial charge in [-0.05, 0) is 44.5 Å². The molecule has 2 heterocycles. The third-order valence-electron chi connectivity index (χ3n) is 4.96. The van der Waals surface area contributed by atoms with Crippen LogP contribution in [0.25, 0.3) is 33.5 Å². The first-order valence-electron chi connectivity index (χ1n) is 9.96. The highest BCUT2D eigenvalue weighted by molar-refractivity contribution is 6.03. The maximum Gasteiger partial charge on any atom is 0.285 e. The second kappa shape index (κ2) is 7.77. The van der Waals surface area contributed by atoms with E-state index in [1.807, 2.05) is 30.3 Å². The maximum atomic E-state index is 8.27. The summed E-state index contributed by atoms with van der Waals surface area (Å²) in [6.07, 6.45) is 3.36. The number of nitrogens with two attached hydrogens (primary N) is 2. The quantitative estimate of drug-likeness (QED) is 0.288. The van der Waals surface area contributed by atoms with Gasteiger partial charge in [-0.1, -0.05) is 24.3 Å². The Labute approximate surface area is 185 Å². The third kappa shape index (κ3) is 3.87. The van der Waals surface area contributed by atoms with Crippen molar-refractivity contribution in [1.29, 1.82) is 10.8 Å². The first-order chi connectivity index (χ1) is 15.1. The molecule has 0 saturated carbocycles. The fraction of sp³-hybridized carbons (Fsp3) is 0.174. The van der Waals surface area contributed by atoms with Crippen molar-refractivity contribution in [3.63, 3.8) is 0 Å². The topological polar surface area (TPSA) is 153 Å². The van der Waals surface area contributed by atoms with E-state index >= 15 is 0 Å². The van der Waals surface area contributed by atoms with Gasteiger partial charge in [0, 0.05) is 34.6 Å². The van der Waals surface area contributed by atoms with Gasteiger partial charge in [-0.3, -0.25) is 10.8 Å². The number of nitrogens with zero attached hydrogens (tertiary/aromatic N) is 4. The zero-order valence-corrected chi connectivity index (χ0v) is 18.0. The van der Waals surface area contributed by atoms with Gasteiger partial charge in [-0.15, -0.1) is 0 Å². The lowest BCUT2D eigenvalue weighted by atomic mass is 10.0. The minimum atomic E-state index is -0.538. The number of hydrogen-bond acceptors (Lipinski definition) is 7. The van der Waals surface area contributed by atoms with Crippen LogP contribution in [0.15, 0.2) is 54.9 Å². The molecule has 2 aromatic carbocycles. The molecule has 0 aliphatic rings. The molecular weight excluding hydrogens is 404 g/mol. The van der Waals surface area contributed by atoms with Crippen molar-refractivity contribution in [2.45, 2.75) is 26.3 Å². The number of aromatic nitrogens is 4. The van der Waals surface area contributed by atoms with E-state index in [0.717, 1.165) is 22.2 Å². The molecule has 0 radical (unpaired) electrons. The van der Waals surface area contributed by atoms with E-state index in [1.165, 1.54) is 0 Å². The molecule has 0 aliphatic heterocycles. The van der Waals surface area contributed by atoms with Crippen molar-refractivity contribution in [2.24, 2.45) is 5.73 Å². The molecule has 0 fully saturated rings. The van der Waals surface area contributed by atoms with Crippen molar-refractivity contribution < 1.29 is 4.74 Å². The van der Waals surface area contributed by atoms with Gasteiger partial charge in [0.1, 0.15) is 5.82 Å². The maximum absolute atomic E-state index is 8.27. The number of fused-ring (bicyclic) bond motifs is 1. The molecule has 9 nitrogen and oxygen atoms in total. The van der Waals surface area contributed by atoms with Crippen molar-refractivity contribution >= 4 is 28.9 Å². The Kier molecular flexibility index (Phi) is 5.09. The van der Waals surface area contributed by atoms with Crippen LogP contribution < -0.4 is 11.5 Å². The van der Waals surface area contributed by atoms with Crippen LogP contribution in [-0.2, 0) is 10.3 Å². The highest BCUT2D eigenvalue weighted by atomic mass is 16.5. The minimum absolute atomic E-state index is 0.208. The summed E-state index contributed by atoms with van der Waals surface area (Å²) in [7, 11) is 0. The Bertz CT molecular complexity index is 1330. The number of rotatable bonds is 3. The van der Waals surface area contributed by atoms with Crippen LogP contribution in [0.3, 0.4) is 0 Å². The lowest BCUT2D eigenvalue weighted by Gasteiger charge is -2.25. The predicted octanol–water partition coefficient (Wildman–Crippen LogP) is 3.73. The van der Waals surface area contributed by atoms with Gasteiger partial charge in [0.2, 0.25) is 11.8 Å². The van der Waals surface area contributed by atoms with E-state index in [2.05, 4.69) is 35.3 Å². The van der Waals surface area contributed by atoms with Crippen molar-refractivity contribution in [3.05, 3.63) is 60.4 Å². The van der Waals surface area contributed by atoms with Gasteiger partial charge in [-0.2, -0.15) is 0 Å². The monoisotopic (exact) mass is 428 g/mol. The van der Waals surface area contributed by atoms with E-state index in [1.54, 1.807) is 24.5 Å². The average molecular weight is 429 g/mol. The summed E-state index contributed by atoms with van der Waals surface area (Å²) >= 11 is 0. The smallest absolute Gasteiger partial charge is 0.285 e. The summed E-state index contributed by atoms with van der Waals surface area (Å²) in [5.41, 5.74) is 15.4. The lowest BCUT2D eigenvalue weighted by molar-refractivity contribution is 0.413. The van der Waals surface area contributed by atoms with E-state index in [9.17, 15) is 0 Å². The van der Waals surface area contributed by atoms with Gasteiger partial charge < -0.3 is 20.8 Å². The fourth-order valence-corrected chi connectivity index (χ4v) is 3.65. The van der Waals surface area contributed by atoms with Crippen molar-refractivity contribution in [2.75, 3.05) is 5.73 Å². The largest absolute Gasteiger partial charge is 0.407 e. The average Bonchev–Trinajstić information content (AvgIpc) is 3.13. The summed E-state index contributed by atoms with van der Waals surface area (Å²) in [5, 5.41) is 15.6. The molecule has 0 saturated heterocycles. The van der Waals surface area contributed by atoms with Crippen LogP contribution >= 0.6 is 0 Å². The second-order valence-corrected chi connectivity index (χ2v) is 8.32. The molecule has 32 heavy (non-hydrogen) atoms. The van der Waals surface area contributed by atoms with E-state index < -0.39 is 6.02 Å². The van der Waals surface area contributed by atoms with E-state index in [4.69, 9.17) is 32.0 Å². The van der Waals surface area contributed by atoms with Gasteiger partial charge in [0.15, 0.2) is 0 Å². The lowest BCUT2D eigenvalue weighted by Crippen LogP contribution is -2.24. The number of anilines is 1. The molecule has 0 aliphatic carbocycles. The summed E-state index contributed by atoms with van der Waals surface area (Å²) in [4.78, 5) is 13.1. The summed E-state index contributed by atoms with van der Waals surface area (Å²) in [6, 6.07) is 12.8. The molecule has 0 unspecified atom stereocenters. The number of nitrogens with one attached hydrogen (secondary N) is 2. The van der Waals surface area contributed by atoms with Crippen LogP contribution in [0, 0.1) is 10.8 Å². The van der Waals surface area contributed by atoms with Crippen LogP contribution in [0.1, 0.15) is 26.3 Å². The zero-order valence-electron chi connectivity index (χ0n) is 18.0. The third-order valence-corrected chi connectivity index (χ3v) is 4.96. The number of benzene rings is 2. The summed E-state index contributed by atoms with van der Waals surface area (Å²) in [6.45, 7) is 6.29. The summed E-state index contributed by atoms with van der Waals surface area (Å²) < 4.78 is 7.20. The number of imidazole rings is 1. The van der Waals surface area contributed by atoms with Crippen LogP contribution in [-0.4, -0.2) is 31.4 Å². The molecule has 0 bridgehead atoms.